The van der Waals surface area contributed by atoms with E-state index in [1.807, 2.05) is 0 Å². The molecule has 1 aliphatic rings. The minimum absolute atomic E-state index is 0.176. The molecule has 3 nitrogen and oxygen atoms in total. The molecule has 0 aromatic carbocycles. The van der Waals surface area contributed by atoms with Crippen LogP contribution in [0.3, 0.4) is 0 Å². The lowest BCUT2D eigenvalue weighted by Gasteiger charge is -2.10. The summed E-state index contributed by atoms with van der Waals surface area (Å²) in [6.45, 7) is 0. The fourth-order valence-electron chi connectivity index (χ4n) is 1.23. The summed E-state index contributed by atoms with van der Waals surface area (Å²) in [5.74, 6) is 0.176. The molecule has 0 saturated heterocycles. The van der Waals surface area contributed by atoms with Crippen LogP contribution in [0.5, 0.6) is 0 Å². The molecule has 0 aromatic rings. The van der Waals surface area contributed by atoms with Crippen LogP contribution < -0.4 is 5.32 Å². The Balaban J connectivity index is 2.37. The van der Waals surface area contributed by atoms with Gasteiger partial charge < -0.3 is 5.32 Å². The molecule has 0 saturated carbocycles. The predicted molar refractivity (Wildman–Crippen MR) is 54.4 cm³/mol. The van der Waals surface area contributed by atoms with Crippen LogP contribution in [0.2, 0.25) is 0 Å². The average Bonchev–Trinajstić information content (AvgIpc) is 2.18. The molecule has 0 amide bonds. The lowest BCUT2D eigenvalue weighted by atomic mass is 10.0. The third-order valence-electron chi connectivity index (χ3n) is 1.87. The number of aldehydes is 1. The third kappa shape index (κ3) is 3.85. The molecule has 1 N–H and O–H groups in total. The third-order valence-corrected chi connectivity index (χ3v) is 1.87. The Kier molecular flexibility index (Phi) is 4.41. The van der Waals surface area contributed by atoms with Gasteiger partial charge in [0, 0.05) is 24.4 Å². The number of carbonyl (C=O) groups is 2. The van der Waals surface area contributed by atoms with Crippen LogP contribution in [0, 0.1) is 0 Å². The van der Waals surface area contributed by atoms with Gasteiger partial charge in [-0.3, -0.25) is 9.59 Å². The number of rotatable bonds is 4. The minimum Gasteiger partial charge on any atom is -0.365 e. The van der Waals surface area contributed by atoms with Crippen molar-refractivity contribution in [3.8, 4) is 0 Å². The largest absolute Gasteiger partial charge is 0.365 e. The topological polar surface area (TPSA) is 46.2 Å². The highest BCUT2D eigenvalue weighted by Gasteiger charge is 2.07. The maximum Gasteiger partial charge on any atom is 0.157 e. The van der Waals surface area contributed by atoms with E-state index in [0.717, 1.165) is 18.5 Å². The summed E-state index contributed by atoms with van der Waals surface area (Å²) in [6, 6.07) is 0. The van der Waals surface area contributed by atoms with E-state index in [9.17, 15) is 9.59 Å². The molecule has 1 rings (SSSR count). The molecule has 0 bridgehead atoms. The molecule has 3 heteroatoms. The molecule has 14 heavy (non-hydrogen) atoms. The minimum atomic E-state index is 0.176. The summed E-state index contributed by atoms with van der Waals surface area (Å²) in [4.78, 5) is 20.9. The van der Waals surface area contributed by atoms with Gasteiger partial charge in [0.05, 0.1) is 0 Å². The monoisotopic (exact) mass is 191 g/mol. The van der Waals surface area contributed by atoms with E-state index < -0.39 is 0 Å². The molecule has 0 aliphatic heterocycles. The molecule has 0 atom stereocenters. The van der Waals surface area contributed by atoms with Crippen LogP contribution in [0.25, 0.3) is 0 Å². The van der Waals surface area contributed by atoms with Crippen molar-refractivity contribution in [3.63, 3.8) is 0 Å². The zero-order chi connectivity index (χ0) is 10.2. The van der Waals surface area contributed by atoms with Gasteiger partial charge in [-0.1, -0.05) is 6.08 Å². The Morgan fingerprint density at radius 2 is 2.07 bits per heavy atom. The van der Waals surface area contributed by atoms with Crippen LogP contribution >= 0.6 is 0 Å². The zero-order valence-corrected chi connectivity index (χ0v) is 7.90. The van der Waals surface area contributed by atoms with E-state index in [1.54, 1.807) is 24.4 Å². The van der Waals surface area contributed by atoms with Crippen LogP contribution in [-0.4, -0.2) is 12.1 Å². The van der Waals surface area contributed by atoms with Gasteiger partial charge in [0.1, 0.15) is 6.29 Å². The molecule has 0 fully saturated rings. The van der Waals surface area contributed by atoms with E-state index in [0.29, 0.717) is 12.7 Å². The van der Waals surface area contributed by atoms with Gasteiger partial charge in [0.25, 0.3) is 0 Å². The number of ketones is 1. The van der Waals surface area contributed by atoms with Crippen molar-refractivity contribution in [1.82, 2.24) is 5.32 Å². The number of nitrogens with one attached hydrogen (secondary N) is 1. The second kappa shape index (κ2) is 5.91. The van der Waals surface area contributed by atoms with Crippen LogP contribution in [-0.2, 0) is 9.59 Å². The lowest BCUT2D eigenvalue weighted by Crippen LogP contribution is -2.12. The maximum atomic E-state index is 11.0. The predicted octanol–water partition coefficient (Wildman–Crippen LogP) is 1.48. The van der Waals surface area contributed by atoms with Crippen LogP contribution in [0.15, 0.2) is 36.2 Å². The van der Waals surface area contributed by atoms with Crippen molar-refractivity contribution in [2.75, 3.05) is 0 Å². The van der Waals surface area contributed by atoms with E-state index in [4.69, 9.17) is 0 Å². The molecule has 0 spiro atoms. The molecule has 0 heterocycles. The number of carbonyl (C=O) groups excluding carboxylic acids is 2. The number of allylic oxidation sites excluding steroid dienone is 5. The van der Waals surface area contributed by atoms with Crippen molar-refractivity contribution in [1.29, 1.82) is 0 Å². The Bertz CT molecular complexity index is 300. The molecule has 0 radical (unpaired) electrons. The first-order valence-electron chi connectivity index (χ1n) is 4.60. The van der Waals surface area contributed by atoms with Crippen molar-refractivity contribution >= 4 is 12.1 Å². The average molecular weight is 191 g/mol. The van der Waals surface area contributed by atoms with Crippen molar-refractivity contribution in [2.45, 2.75) is 19.3 Å². The Labute approximate surface area is 83.2 Å². The second-order valence-corrected chi connectivity index (χ2v) is 3.01. The van der Waals surface area contributed by atoms with Gasteiger partial charge in [0.15, 0.2) is 5.78 Å². The molecule has 1 aliphatic carbocycles. The highest BCUT2D eigenvalue weighted by atomic mass is 16.1. The normalized spacial score (nSPS) is 17.4. The fourth-order valence-corrected chi connectivity index (χ4v) is 1.23. The molecule has 0 aromatic heterocycles. The molecule has 0 unspecified atom stereocenters. The van der Waals surface area contributed by atoms with Gasteiger partial charge in [0.2, 0.25) is 0 Å². The van der Waals surface area contributed by atoms with Crippen LogP contribution in [0.1, 0.15) is 19.3 Å². The second-order valence-electron chi connectivity index (χ2n) is 3.01. The van der Waals surface area contributed by atoms with Crippen molar-refractivity contribution in [3.05, 3.63) is 36.2 Å². The van der Waals surface area contributed by atoms with E-state index >= 15 is 0 Å². The van der Waals surface area contributed by atoms with E-state index in [1.165, 1.54) is 6.08 Å². The maximum absolute atomic E-state index is 11.0. The molecular formula is C11H13NO2. The Hall–Kier alpha value is -1.64. The van der Waals surface area contributed by atoms with Crippen molar-refractivity contribution < 1.29 is 9.59 Å². The summed E-state index contributed by atoms with van der Waals surface area (Å²) >= 11 is 0. The highest BCUT2D eigenvalue weighted by molar-refractivity contribution is 5.91. The summed E-state index contributed by atoms with van der Waals surface area (Å²) in [6.07, 6.45) is 11.3. The van der Waals surface area contributed by atoms with Crippen molar-refractivity contribution in [2.24, 2.45) is 0 Å². The van der Waals surface area contributed by atoms with Gasteiger partial charge in [-0.15, -0.1) is 0 Å². The van der Waals surface area contributed by atoms with Gasteiger partial charge in [-0.2, -0.15) is 0 Å². The van der Waals surface area contributed by atoms with Gasteiger partial charge >= 0.3 is 0 Å². The zero-order valence-electron chi connectivity index (χ0n) is 7.90. The first kappa shape index (κ1) is 10.4. The molecule has 74 valence electrons. The first-order chi connectivity index (χ1) is 6.83. The molecular weight excluding hydrogens is 178 g/mol. The lowest BCUT2D eigenvalue weighted by molar-refractivity contribution is -0.115. The SMILES string of the molecule is O=C/C=C/C=C/NC1=CC(=O)CCC1. The first-order valence-corrected chi connectivity index (χ1v) is 4.60. The van der Waals surface area contributed by atoms with Gasteiger partial charge in [-0.25, -0.2) is 0 Å². The fraction of sp³-hybridized carbons (Fsp3) is 0.273. The van der Waals surface area contributed by atoms with Crippen LogP contribution in [0.4, 0.5) is 0 Å². The van der Waals surface area contributed by atoms with Gasteiger partial charge in [-0.05, 0) is 25.0 Å². The summed E-state index contributed by atoms with van der Waals surface area (Å²) in [5, 5.41) is 3.00. The Morgan fingerprint density at radius 3 is 2.79 bits per heavy atom. The highest BCUT2D eigenvalue weighted by Crippen LogP contribution is 2.12. The quantitative estimate of drug-likeness (QED) is 0.416. The number of hydrogen-bond donors (Lipinski definition) is 1. The number of hydrogen-bond acceptors (Lipinski definition) is 3. The Morgan fingerprint density at radius 1 is 1.21 bits per heavy atom. The summed E-state index contributed by atoms with van der Waals surface area (Å²) in [7, 11) is 0. The smallest absolute Gasteiger partial charge is 0.157 e. The van der Waals surface area contributed by atoms with E-state index in [-0.39, 0.29) is 5.78 Å². The standard InChI is InChI=1S/C11H13NO2/c13-8-3-1-2-7-12-10-5-4-6-11(14)9-10/h1-3,7-9,12H,4-6H2/b3-1+,7-2+. The van der Waals surface area contributed by atoms with E-state index in [2.05, 4.69) is 5.32 Å². The summed E-state index contributed by atoms with van der Waals surface area (Å²) in [5.41, 5.74) is 0.942. The summed E-state index contributed by atoms with van der Waals surface area (Å²) < 4.78 is 0.